The quantitative estimate of drug-likeness (QED) is 0.625. The zero-order valence-corrected chi connectivity index (χ0v) is 9.20. The van der Waals surface area contributed by atoms with Gasteiger partial charge in [0.25, 0.3) is 0 Å². The van der Waals surface area contributed by atoms with Crippen LogP contribution in [0.4, 0.5) is 0 Å². The van der Waals surface area contributed by atoms with Gasteiger partial charge in [-0.2, -0.15) is 0 Å². The first-order chi connectivity index (χ1) is 5.83. The summed E-state index contributed by atoms with van der Waals surface area (Å²) in [7, 11) is -0.220. The topological polar surface area (TPSA) is 9.23 Å². The molecule has 0 saturated heterocycles. The molecule has 0 aromatic heterocycles. The molecule has 0 radical (unpaired) electrons. The van der Waals surface area contributed by atoms with Crippen LogP contribution in [0.15, 0.2) is 30.3 Å². The Labute approximate surface area is 76.6 Å². The lowest BCUT2D eigenvalue weighted by molar-refractivity contribution is 0.130. The fourth-order valence-corrected chi connectivity index (χ4v) is 2.85. The van der Waals surface area contributed by atoms with Crippen molar-refractivity contribution in [3.63, 3.8) is 0 Å². The second-order valence-corrected chi connectivity index (χ2v) is 5.33. The van der Waals surface area contributed by atoms with E-state index < -0.39 is 0 Å². The largest absolute Gasteiger partial charge is 0.382 e. The molecule has 0 aliphatic rings. The highest BCUT2D eigenvalue weighted by atomic mass is 28.2. The molecule has 1 rings (SSSR count). The number of hydrogen-bond donors (Lipinski definition) is 0. The molecular formula is C10H16OSi. The molecule has 0 spiro atoms. The summed E-state index contributed by atoms with van der Waals surface area (Å²) in [4.78, 5) is 0. The van der Waals surface area contributed by atoms with Gasteiger partial charge in [-0.05, 0) is 13.8 Å². The van der Waals surface area contributed by atoms with Gasteiger partial charge in [0.05, 0.1) is 9.52 Å². The minimum atomic E-state index is -0.220. The van der Waals surface area contributed by atoms with Crippen LogP contribution in [0.2, 0.25) is 0 Å². The minimum Gasteiger partial charge on any atom is -0.382 e. The molecule has 0 amide bonds. The molecule has 0 saturated carbocycles. The molecule has 2 heteroatoms. The molecule has 1 nitrogen and oxygen atoms in total. The van der Waals surface area contributed by atoms with Crippen LogP contribution in [0.1, 0.15) is 13.8 Å². The Kier molecular flexibility index (Phi) is 4.04. The molecule has 1 aromatic carbocycles. The van der Waals surface area contributed by atoms with Gasteiger partial charge < -0.3 is 4.74 Å². The average molecular weight is 180 g/mol. The molecule has 0 fully saturated rings. The lowest BCUT2D eigenvalue weighted by Gasteiger charge is -2.09. The van der Waals surface area contributed by atoms with E-state index in [2.05, 4.69) is 44.2 Å². The fourth-order valence-electron chi connectivity index (χ4n) is 1.29. The summed E-state index contributed by atoms with van der Waals surface area (Å²) in [6.07, 6.45) is 0. The first kappa shape index (κ1) is 9.48. The smallest absolute Gasteiger partial charge is 0.0883 e. The Morgan fingerprint density at radius 1 is 1.33 bits per heavy atom. The van der Waals surface area contributed by atoms with Crippen molar-refractivity contribution in [3.8, 4) is 0 Å². The van der Waals surface area contributed by atoms with Crippen molar-refractivity contribution < 1.29 is 4.74 Å². The van der Waals surface area contributed by atoms with Crippen LogP contribution in [0.5, 0.6) is 0 Å². The van der Waals surface area contributed by atoms with Crippen LogP contribution in [0.3, 0.4) is 0 Å². The first-order valence-corrected chi connectivity index (χ1v) is 6.00. The summed E-state index contributed by atoms with van der Waals surface area (Å²) in [5.41, 5.74) is 0.470. The summed E-state index contributed by atoms with van der Waals surface area (Å²) >= 11 is 0. The lowest BCUT2D eigenvalue weighted by atomic mass is 10.4. The normalized spacial score (nSPS) is 13.8. The Morgan fingerprint density at radius 2 is 2.00 bits per heavy atom. The second-order valence-electron chi connectivity index (χ2n) is 2.96. The number of ether oxygens (including phenoxy) is 1. The van der Waals surface area contributed by atoms with Crippen molar-refractivity contribution in [2.75, 3.05) is 6.61 Å². The Balaban J connectivity index is 2.41. The molecule has 0 N–H and O–H groups in total. The van der Waals surface area contributed by atoms with Crippen molar-refractivity contribution in [3.05, 3.63) is 30.3 Å². The maximum atomic E-state index is 5.51. The monoisotopic (exact) mass is 180 g/mol. The van der Waals surface area contributed by atoms with E-state index in [9.17, 15) is 0 Å². The van der Waals surface area contributed by atoms with Gasteiger partial charge in [-0.15, -0.1) is 0 Å². The molecule has 1 unspecified atom stereocenters. The Hall–Kier alpha value is -0.603. The van der Waals surface area contributed by atoms with Crippen molar-refractivity contribution in [2.24, 2.45) is 0 Å². The van der Waals surface area contributed by atoms with Crippen LogP contribution < -0.4 is 5.19 Å². The molecule has 1 atom stereocenters. The van der Waals surface area contributed by atoms with Gasteiger partial charge in [-0.1, -0.05) is 35.5 Å². The van der Waals surface area contributed by atoms with E-state index in [1.54, 1.807) is 0 Å². The summed E-state index contributed by atoms with van der Waals surface area (Å²) in [5, 5.41) is 1.48. The van der Waals surface area contributed by atoms with Crippen molar-refractivity contribution in [2.45, 2.75) is 19.6 Å². The molecule has 0 aliphatic carbocycles. The van der Waals surface area contributed by atoms with Gasteiger partial charge in [0.1, 0.15) is 0 Å². The first-order valence-electron chi connectivity index (χ1n) is 4.48. The Bertz CT molecular complexity index is 210. The molecule has 0 bridgehead atoms. The Morgan fingerprint density at radius 3 is 2.58 bits per heavy atom. The minimum absolute atomic E-state index is 0.220. The zero-order chi connectivity index (χ0) is 8.81. The van der Waals surface area contributed by atoms with E-state index in [1.165, 1.54) is 5.19 Å². The summed E-state index contributed by atoms with van der Waals surface area (Å²) in [5.74, 6) is 0. The van der Waals surface area contributed by atoms with Crippen LogP contribution >= 0.6 is 0 Å². The highest BCUT2D eigenvalue weighted by Crippen LogP contribution is 1.89. The third-order valence-electron chi connectivity index (χ3n) is 1.82. The second kappa shape index (κ2) is 5.12. The molecule has 0 aliphatic heterocycles. The molecule has 12 heavy (non-hydrogen) atoms. The SMILES string of the molecule is CCOC(C)[SiH2]c1ccccc1. The third-order valence-corrected chi connectivity index (χ3v) is 3.57. The summed E-state index contributed by atoms with van der Waals surface area (Å²) in [6.45, 7) is 5.06. The number of rotatable bonds is 4. The van der Waals surface area contributed by atoms with E-state index in [1.807, 2.05) is 0 Å². The van der Waals surface area contributed by atoms with Crippen LogP contribution in [0.25, 0.3) is 0 Å². The van der Waals surface area contributed by atoms with Gasteiger partial charge in [0.15, 0.2) is 0 Å². The third kappa shape index (κ3) is 3.20. The highest BCUT2D eigenvalue weighted by Gasteiger charge is 2.02. The van der Waals surface area contributed by atoms with E-state index in [4.69, 9.17) is 4.74 Å². The van der Waals surface area contributed by atoms with Gasteiger partial charge >= 0.3 is 0 Å². The lowest BCUT2D eigenvalue weighted by Crippen LogP contribution is -2.27. The van der Waals surface area contributed by atoms with E-state index in [-0.39, 0.29) is 9.52 Å². The van der Waals surface area contributed by atoms with E-state index >= 15 is 0 Å². The van der Waals surface area contributed by atoms with Gasteiger partial charge in [-0.3, -0.25) is 0 Å². The number of hydrogen-bond acceptors (Lipinski definition) is 1. The maximum absolute atomic E-state index is 5.51. The highest BCUT2D eigenvalue weighted by molar-refractivity contribution is 6.54. The molecule has 66 valence electrons. The van der Waals surface area contributed by atoms with Crippen LogP contribution in [-0.2, 0) is 4.74 Å². The van der Waals surface area contributed by atoms with Gasteiger partial charge in [0, 0.05) is 12.3 Å². The maximum Gasteiger partial charge on any atom is 0.0883 e. The summed E-state index contributed by atoms with van der Waals surface area (Å²) in [6, 6.07) is 10.6. The van der Waals surface area contributed by atoms with Crippen molar-refractivity contribution in [1.29, 1.82) is 0 Å². The van der Waals surface area contributed by atoms with E-state index in [0.717, 1.165) is 6.61 Å². The number of benzene rings is 1. The van der Waals surface area contributed by atoms with E-state index in [0.29, 0.717) is 5.73 Å². The average Bonchev–Trinajstić information content (AvgIpc) is 2.06. The predicted molar refractivity (Wildman–Crippen MR) is 55.7 cm³/mol. The van der Waals surface area contributed by atoms with Crippen molar-refractivity contribution >= 4 is 14.7 Å². The molecule has 1 aromatic rings. The summed E-state index contributed by atoms with van der Waals surface area (Å²) < 4.78 is 5.51. The van der Waals surface area contributed by atoms with Gasteiger partial charge in [-0.25, -0.2) is 0 Å². The zero-order valence-electron chi connectivity index (χ0n) is 7.79. The molecule has 0 heterocycles. The predicted octanol–water partition coefficient (Wildman–Crippen LogP) is 0.863. The fraction of sp³-hybridized carbons (Fsp3) is 0.400. The van der Waals surface area contributed by atoms with Crippen LogP contribution in [0, 0.1) is 0 Å². The molecular weight excluding hydrogens is 164 g/mol. The standard InChI is InChI=1S/C10H16OSi/c1-3-11-9(2)12-10-7-5-4-6-8-10/h4-9H,3,12H2,1-2H3. The van der Waals surface area contributed by atoms with Crippen molar-refractivity contribution in [1.82, 2.24) is 0 Å². The van der Waals surface area contributed by atoms with Gasteiger partial charge in [0.2, 0.25) is 0 Å². The van der Waals surface area contributed by atoms with Crippen LogP contribution in [-0.4, -0.2) is 21.9 Å².